The highest BCUT2D eigenvalue weighted by atomic mass is 35.5. The Bertz CT molecular complexity index is 760. The summed E-state index contributed by atoms with van der Waals surface area (Å²) < 4.78 is 5.17. The molecule has 2 aromatic carbocycles. The molecule has 2 aromatic rings. The number of halogens is 1. The number of carbonyl (C=O) groups excluding carboxylic acids is 2. The molecular formula is C20H20ClNO3S. The fourth-order valence-electron chi connectivity index (χ4n) is 2.03. The van der Waals surface area contributed by atoms with Gasteiger partial charge in [-0.05, 0) is 48.9 Å². The van der Waals surface area contributed by atoms with E-state index in [1.807, 2.05) is 36.4 Å². The zero-order valence-electron chi connectivity index (χ0n) is 14.4. The Kier molecular flexibility index (Phi) is 7.75. The van der Waals surface area contributed by atoms with Crippen LogP contribution in [-0.2, 0) is 15.3 Å². The van der Waals surface area contributed by atoms with Crippen molar-refractivity contribution in [1.82, 2.24) is 5.32 Å². The van der Waals surface area contributed by atoms with E-state index in [2.05, 4.69) is 11.9 Å². The number of rotatable bonds is 8. The van der Waals surface area contributed by atoms with Gasteiger partial charge in [-0.25, -0.2) is 4.79 Å². The van der Waals surface area contributed by atoms with Crippen molar-refractivity contribution in [1.29, 1.82) is 0 Å². The number of benzene rings is 2. The van der Waals surface area contributed by atoms with Crippen LogP contribution in [0.15, 0.2) is 66.1 Å². The average molecular weight is 390 g/mol. The SMILES string of the molecule is C=CCNC(=O)[C@H](C)OC(=O)c1ccc(CSc2ccc(Cl)cc2)cc1. The van der Waals surface area contributed by atoms with E-state index in [1.165, 1.54) is 6.92 Å². The van der Waals surface area contributed by atoms with Gasteiger partial charge in [0, 0.05) is 22.2 Å². The van der Waals surface area contributed by atoms with Crippen LogP contribution >= 0.6 is 23.4 Å². The minimum absolute atomic E-state index is 0.334. The fourth-order valence-corrected chi connectivity index (χ4v) is 3.01. The third kappa shape index (κ3) is 6.24. The molecule has 0 fully saturated rings. The molecule has 4 nitrogen and oxygen atoms in total. The zero-order valence-corrected chi connectivity index (χ0v) is 16.0. The molecule has 136 valence electrons. The Morgan fingerprint density at radius 2 is 1.85 bits per heavy atom. The van der Waals surface area contributed by atoms with E-state index in [1.54, 1.807) is 30.0 Å². The first kappa shape index (κ1) is 20.1. The van der Waals surface area contributed by atoms with Crippen LogP contribution in [0.25, 0.3) is 0 Å². The van der Waals surface area contributed by atoms with Gasteiger partial charge in [0.25, 0.3) is 5.91 Å². The summed E-state index contributed by atoms with van der Waals surface area (Å²) in [5.74, 6) is -0.102. The molecule has 0 saturated carbocycles. The maximum Gasteiger partial charge on any atom is 0.338 e. The van der Waals surface area contributed by atoms with Crippen molar-refractivity contribution in [3.63, 3.8) is 0 Å². The Morgan fingerprint density at radius 1 is 1.19 bits per heavy atom. The van der Waals surface area contributed by atoms with Crippen molar-refractivity contribution in [2.24, 2.45) is 0 Å². The van der Waals surface area contributed by atoms with Crippen LogP contribution in [0.4, 0.5) is 0 Å². The van der Waals surface area contributed by atoms with Gasteiger partial charge in [-0.1, -0.05) is 29.8 Å². The van der Waals surface area contributed by atoms with Crippen LogP contribution in [0.5, 0.6) is 0 Å². The summed E-state index contributed by atoms with van der Waals surface area (Å²) in [6.45, 7) is 5.39. The molecule has 0 saturated heterocycles. The lowest BCUT2D eigenvalue weighted by Gasteiger charge is -2.13. The third-order valence-corrected chi connectivity index (χ3v) is 4.82. The summed E-state index contributed by atoms with van der Waals surface area (Å²) >= 11 is 7.56. The number of amides is 1. The number of hydrogen-bond donors (Lipinski definition) is 1. The standard InChI is InChI=1S/C20H20ClNO3S/c1-3-12-22-19(23)14(2)25-20(24)16-6-4-15(5-7-16)13-26-18-10-8-17(21)9-11-18/h3-11,14H,1,12-13H2,2H3,(H,22,23)/t14-/m0/s1. The number of hydrogen-bond acceptors (Lipinski definition) is 4. The van der Waals surface area contributed by atoms with Gasteiger partial charge in [0.2, 0.25) is 0 Å². The molecule has 26 heavy (non-hydrogen) atoms. The minimum atomic E-state index is -0.859. The van der Waals surface area contributed by atoms with Gasteiger partial charge in [-0.15, -0.1) is 18.3 Å². The molecule has 0 spiro atoms. The van der Waals surface area contributed by atoms with E-state index < -0.39 is 12.1 Å². The lowest BCUT2D eigenvalue weighted by atomic mass is 10.1. The number of ether oxygens (including phenoxy) is 1. The molecule has 0 heterocycles. The summed E-state index contributed by atoms with van der Waals surface area (Å²) in [5.41, 5.74) is 1.49. The van der Waals surface area contributed by atoms with Crippen molar-refractivity contribution >= 4 is 35.2 Å². The van der Waals surface area contributed by atoms with E-state index in [4.69, 9.17) is 16.3 Å². The maximum absolute atomic E-state index is 12.1. The molecule has 0 aliphatic heterocycles. The summed E-state index contributed by atoms with van der Waals surface area (Å²) in [6.07, 6.45) is 0.704. The van der Waals surface area contributed by atoms with Crippen molar-refractivity contribution in [2.75, 3.05) is 6.54 Å². The predicted molar refractivity (Wildman–Crippen MR) is 106 cm³/mol. The van der Waals surface area contributed by atoms with Crippen LogP contribution in [0.1, 0.15) is 22.8 Å². The topological polar surface area (TPSA) is 55.4 Å². The molecule has 0 bridgehead atoms. The van der Waals surface area contributed by atoms with E-state index in [-0.39, 0.29) is 5.91 Å². The monoisotopic (exact) mass is 389 g/mol. The zero-order chi connectivity index (χ0) is 18.9. The second-order valence-corrected chi connectivity index (χ2v) is 7.01. The first-order valence-electron chi connectivity index (χ1n) is 8.06. The largest absolute Gasteiger partial charge is 0.449 e. The quantitative estimate of drug-likeness (QED) is 0.411. The first-order valence-corrected chi connectivity index (χ1v) is 9.43. The molecule has 1 amide bonds. The molecule has 0 unspecified atom stereocenters. The van der Waals surface area contributed by atoms with E-state index >= 15 is 0 Å². The summed E-state index contributed by atoms with van der Waals surface area (Å²) in [7, 11) is 0. The van der Waals surface area contributed by atoms with E-state index in [9.17, 15) is 9.59 Å². The highest BCUT2D eigenvalue weighted by molar-refractivity contribution is 7.98. The van der Waals surface area contributed by atoms with Gasteiger partial charge < -0.3 is 10.1 Å². The number of carbonyl (C=O) groups is 2. The number of nitrogens with one attached hydrogen (secondary N) is 1. The third-order valence-electron chi connectivity index (χ3n) is 3.48. The maximum atomic E-state index is 12.1. The van der Waals surface area contributed by atoms with Crippen molar-refractivity contribution < 1.29 is 14.3 Å². The van der Waals surface area contributed by atoms with E-state index in [0.717, 1.165) is 16.2 Å². The minimum Gasteiger partial charge on any atom is -0.449 e. The lowest BCUT2D eigenvalue weighted by Crippen LogP contribution is -2.35. The summed E-state index contributed by atoms with van der Waals surface area (Å²) in [6, 6.07) is 14.8. The van der Waals surface area contributed by atoms with Gasteiger partial charge in [-0.3, -0.25) is 4.79 Å². The molecular weight excluding hydrogens is 370 g/mol. The van der Waals surface area contributed by atoms with Gasteiger partial charge in [0.1, 0.15) is 0 Å². The van der Waals surface area contributed by atoms with Crippen LogP contribution in [0.2, 0.25) is 5.02 Å². The van der Waals surface area contributed by atoms with Crippen LogP contribution in [0, 0.1) is 0 Å². The molecule has 0 aliphatic rings. The Labute approximate surface area is 162 Å². The van der Waals surface area contributed by atoms with Gasteiger partial charge in [-0.2, -0.15) is 0 Å². The van der Waals surface area contributed by atoms with Crippen LogP contribution < -0.4 is 5.32 Å². The van der Waals surface area contributed by atoms with Gasteiger partial charge in [0.05, 0.1) is 5.56 Å². The first-order chi connectivity index (χ1) is 12.5. The molecule has 1 N–H and O–H groups in total. The number of esters is 1. The molecule has 0 aromatic heterocycles. The lowest BCUT2D eigenvalue weighted by molar-refractivity contribution is -0.128. The number of thioether (sulfide) groups is 1. The Morgan fingerprint density at radius 3 is 2.46 bits per heavy atom. The Hall–Kier alpha value is -2.24. The molecule has 0 aliphatic carbocycles. The Balaban J connectivity index is 1.87. The highest BCUT2D eigenvalue weighted by Crippen LogP contribution is 2.24. The van der Waals surface area contributed by atoms with Gasteiger partial charge in [0.15, 0.2) is 6.10 Å². The van der Waals surface area contributed by atoms with Crippen molar-refractivity contribution in [3.05, 3.63) is 77.3 Å². The fraction of sp³-hybridized carbons (Fsp3) is 0.200. The van der Waals surface area contributed by atoms with Crippen molar-refractivity contribution in [3.8, 4) is 0 Å². The second-order valence-electron chi connectivity index (χ2n) is 5.52. The van der Waals surface area contributed by atoms with Crippen LogP contribution in [0.3, 0.4) is 0 Å². The summed E-state index contributed by atoms with van der Waals surface area (Å²) in [4.78, 5) is 25.0. The average Bonchev–Trinajstić information content (AvgIpc) is 2.66. The molecule has 6 heteroatoms. The molecule has 2 rings (SSSR count). The van der Waals surface area contributed by atoms with Crippen LogP contribution in [-0.4, -0.2) is 24.5 Å². The molecule has 1 atom stereocenters. The smallest absolute Gasteiger partial charge is 0.338 e. The molecule has 0 radical (unpaired) electrons. The summed E-state index contributed by atoms with van der Waals surface area (Å²) in [5, 5.41) is 3.30. The predicted octanol–water partition coefficient (Wildman–Crippen LogP) is 4.48. The highest BCUT2D eigenvalue weighted by Gasteiger charge is 2.18. The normalized spacial score (nSPS) is 11.5. The second kappa shape index (κ2) is 10.0. The van der Waals surface area contributed by atoms with Crippen molar-refractivity contribution in [2.45, 2.75) is 23.7 Å². The van der Waals surface area contributed by atoms with E-state index in [0.29, 0.717) is 17.1 Å². The van der Waals surface area contributed by atoms with Gasteiger partial charge >= 0.3 is 5.97 Å².